The van der Waals surface area contributed by atoms with Gasteiger partial charge in [0, 0.05) is 6.20 Å². The quantitative estimate of drug-likeness (QED) is 0.448. The van der Waals surface area contributed by atoms with Gasteiger partial charge in [-0.3, -0.25) is 14.3 Å². The predicted molar refractivity (Wildman–Crippen MR) is 66.9 cm³/mol. The molecule has 0 unspecified atom stereocenters. The molecule has 0 spiro atoms. The van der Waals surface area contributed by atoms with Gasteiger partial charge in [0.05, 0.1) is 18.7 Å². The minimum Gasteiger partial charge on any atom is -0.394 e. The number of aliphatic hydroxyl groups excluding tert-OH is 3. The third-order valence-electron chi connectivity index (χ3n) is 3.15. The van der Waals surface area contributed by atoms with E-state index in [1.807, 2.05) is 0 Å². The Morgan fingerprint density at radius 1 is 1.40 bits per heavy atom. The van der Waals surface area contributed by atoms with Crippen LogP contribution in [0.4, 0.5) is 0 Å². The number of nitrogens with one attached hydrogen (secondary N) is 1. The lowest BCUT2D eigenvalue weighted by Crippen LogP contribution is -2.36. The summed E-state index contributed by atoms with van der Waals surface area (Å²) in [4.78, 5) is 25.3. The molecule has 2 heterocycles. The van der Waals surface area contributed by atoms with E-state index in [0.717, 1.165) is 4.57 Å². The van der Waals surface area contributed by atoms with E-state index in [2.05, 4.69) is 10.9 Å². The summed E-state index contributed by atoms with van der Waals surface area (Å²) in [7, 11) is 0. The molecule has 4 N–H and O–H groups in total. The monoisotopic (exact) mass is 282 g/mol. The smallest absolute Gasteiger partial charge is 0.329 e. The van der Waals surface area contributed by atoms with Crippen molar-refractivity contribution in [1.82, 2.24) is 9.55 Å². The summed E-state index contributed by atoms with van der Waals surface area (Å²) in [6.07, 6.45) is 1.44. The van der Waals surface area contributed by atoms with Crippen LogP contribution in [0.3, 0.4) is 0 Å². The first kappa shape index (κ1) is 14.5. The molecule has 1 fully saturated rings. The van der Waals surface area contributed by atoms with E-state index < -0.39 is 42.3 Å². The van der Waals surface area contributed by atoms with E-state index in [0.29, 0.717) is 0 Å². The second-order valence-electron chi connectivity index (χ2n) is 4.43. The maximum absolute atomic E-state index is 11.8. The highest BCUT2D eigenvalue weighted by atomic mass is 16.6. The zero-order valence-corrected chi connectivity index (χ0v) is 10.4. The van der Waals surface area contributed by atoms with Crippen LogP contribution >= 0.6 is 0 Å². The molecule has 20 heavy (non-hydrogen) atoms. The molecule has 1 aromatic heterocycles. The number of hydrogen-bond acceptors (Lipinski definition) is 6. The van der Waals surface area contributed by atoms with Crippen LogP contribution in [0, 0.1) is 12.3 Å². The molecule has 0 saturated carbocycles. The molecule has 8 nitrogen and oxygen atoms in total. The van der Waals surface area contributed by atoms with Crippen LogP contribution in [-0.2, 0) is 11.3 Å². The summed E-state index contributed by atoms with van der Waals surface area (Å²) in [5.74, 6) is 2.25. The molecule has 1 aliphatic heterocycles. The van der Waals surface area contributed by atoms with E-state index in [-0.39, 0.29) is 12.1 Å². The molecular weight excluding hydrogens is 268 g/mol. The Kier molecular flexibility index (Phi) is 4.06. The topological polar surface area (TPSA) is 125 Å². The van der Waals surface area contributed by atoms with Crippen molar-refractivity contribution in [3.8, 4) is 12.3 Å². The van der Waals surface area contributed by atoms with E-state index in [1.54, 1.807) is 0 Å². The zero-order chi connectivity index (χ0) is 14.9. The van der Waals surface area contributed by atoms with Crippen molar-refractivity contribution in [2.75, 3.05) is 6.61 Å². The second-order valence-corrected chi connectivity index (χ2v) is 4.43. The van der Waals surface area contributed by atoms with E-state index in [9.17, 15) is 19.8 Å². The molecular formula is C12H14N2O6. The Balaban J connectivity index is 2.43. The molecule has 1 saturated heterocycles. The molecule has 0 aromatic carbocycles. The molecule has 0 bridgehead atoms. The number of nitrogens with zero attached hydrogens (tertiary/aromatic N) is 1. The number of ether oxygens (including phenoxy) is 1. The van der Waals surface area contributed by atoms with Gasteiger partial charge in [-0.2, -0.15) is 0 Å². The van der Waals surface area contributed by atoms with Gasteiger partial charge in [0.1, 0.15) is 24.4 Å². The summed E-state index contributed by atoms with van der Waals surface area (Å²) < 4.78 is 6.31. The summed E-state index contributed by atoms with van der Waals surface area (Å²) in [6, 6.07) is 0. The average molecular weight is 282 g/mol. The van der Waals surface area contributed by atoms with Gasteiger partial charge in [0.15, 0.2) is 0 Å². The lowest BCUT2D eigenvalue weighted by atomic mass is 10.0. The van der Waals surface area contributed by atoms with Crippen molar-refractivity contribution >= 4 is 0 Å². The number of H-pyrrole nitrogens is 1. The minimum absolute atomic E-state index is 0.0395. The average Bonchev–Trinajstić information content (AvgIpc) is 2.70. The van der Waals surface area contributed by atoms with Crippen molar-refractivity contribution in [1.29, 1.82) is 0 Å². The summed E-state index contributed by atoms with van der Waals surface area (Å²) >= 11 is 0. The molecule has 0 radical (unpaired) electrons. The Labute approximate surface area is 113 Å². The van der Waals surface area contributed by atoms with Crippen molar-refractivity contribution < 1.29 is 20.1 Å². The maximum Gasteiger partial charge on any atom is 0.329 e. The molecule has 1 aromatic rings. The van der Waals surface area contributed by atoms with Gasteiger partial charge >= 0.3 is 5.69 Å². The summed E-state index contributed by atoms with van der Waals surface area (Å²) in [5, 5.41) is 28.5. The lowest BCUT2D eigenvalue weighted by Gasteiger charge is -2.14. The number of aliphatic hydroxyl groups is 3. The van der Waals surface area contributed by atoms with E-state index in [4.69, 9.17) is 16.3 Å². The van der Waals surface area contributed by atoms with Crippen LogP contribution in [0.1, 0.15) is 11.7 Å². The fraction of sp³-hybridized carbons (Fsp3) is 0.500. The number of terminal acetylenes is 1. The fourth-order valence-electron chi connectivity index (χ4n) is 2.10. The van der Waals surface area contributed by atoms with Crippen molar-refractivity contribution in [2.24, 2.45) is 0 Å². The van der Waals surface area contributed by atoms with Gasteiger partial charge in [-0.15, -0.1) is 6.42 Å². The zero-order valence-electron chi connectivity index (χ0n) is 10.4. The second kappa shape index (κ2) is 5.60. The molecule has 4 atom stereocenters. The Bertz CT molecular complexity index is 643. The van der Waals surface area contributed by atoms with Crippen molar-refractivity contribution in [3.05, 3.63) is 32.6 Å². The minimum atomic E-state index is -1.38. The molecule has 8 heteroatoms. The number of hydrogen-bond donors (Lipinski definition) is 4. The first-order valence-corrected chi connectivity index (χ1v) is 5.89. The molecule has 0 amide bonds. The van der Waals surface area contributed by atoms with Gasteiger partial charge in [-0.05, 0) is 0 Å². The highest BCUT2D eigenvalue weighted by molar-refractivity contribution is 5.14. The van der Waals surface area contributed by atoms with Crippen LogP contribution in [-0.4, -0.2) is 49.8 Å². The third kappa shape index (κ3) is 2.39. The van der Waals surface area contributed by atoms with Crippen LogP contribution in [0.25, 0.3) is 0 Å². The molecule has 2 rings (SSSR count). The first-order valence-electron chi connectivity index (χ1n) is 5.89. The summed E-state index contributed by atoms with van der Waals surface area (Å²) in [5.41, 5.74) is -1.45. The summed E-state index contributed by atoms with van der Waals surface area (Å²) in [6.45, 7) is -0.561. The van der Waals surface area contributed by atoms with Crippen molar-refractivity contribution in [3.63, 3.8) is 0 Å². The molecule has 108 valence electrons. The van der Waals surface area contributed by atoms with Gasteiger partial charge in [-0.25, -0.2) is 4.79 Å². The Morgan fingerprint density at radius 2 is 2.10 bits per heavy atom. The SMILES string of the molecule is C#CCn1cc([C@@H]2O[C@H](CO)[C@H](O)[C@@H]2O)c(=O)[nH]c1=O. The van der Waals surface area contributed by atoms with E-state index >= 15 is 0 Å². The van der Waals surface area contributed by atoms with Crippen molar-refractivity contribution in [2.45, 2.75) is 31.0 Å². The normalized spacial score (nSPS) is 29.3. The third-order valence-corrected chi connectivity index (χ3v) is 3.15. The lowest BCUT2D eigenvalue weighted by molar-refractivity contribution is -0.0233. The molecule has 1 aliphatic rings. The van der Waals surface area contributed by atoms with Crippen LogP contribution < -0.4 is 11.2 Å². The van der Waals surface area contributed by atoms with Crippen LogP contribution in [0.5, 0.6) is 0 Å². The molecule has 0 aliphatic carbocycles. The maximum atomic E-state index is 11.8. The standard InChI is InChI=1S/C12H14N2O6/c1-2-3-14-4-6(11(18)13-12(14)19)10-9(17)8(16)7(5-15)20-10/h1,4,7-10,15-17H,3,5H2,(H,13,18,19)/t7-,8+,9+,10+/m1/s1. The largest absolute Gasteiger partial charge is 0.394 e. The predicted octanol–water partition coefficient (Wildman–Crippen LogP) is -2.68. The highest BCUT2D eigenvalue weighted by Crippen LogP contribution is 2.31. The van der Waals surface area contributed by atoms with Gasteiger partial charge in [0.2, 0.25) is 0 Å². The van der Waals surface area contributed by atoms with E-state index in [1.165, 1.54) is 6.20 Å². The fourth-order valence-corrected chi connectivity index (χ4v) is 2.10. The number of aromatic nitrogens is 2. The van der Waals surface area contributed by atoms with Gasteiger partial charge in [0.25, 0.3) is 5.56 Å². The first-order chi connectivity index (χ1) is 9.49. The number of aromatic amines is 1. The van der Waals surface area contributed by atoms with Gasteiger partial charge < -0.3 is 20.1 Å². The number of rotatable bonds is 3. The Morgan fingerprint density at radius 3 is 2.65 bits per heavy atom. The highest BCUT2D eigenvalue weighted by Gasteiger charge is 2.44. The van der Waals surface area contributed by atoms with Crippen LogP contribution in [0.2, 0.25) is 0 Å². The Hall–Kier alpha value is -1.92. The van der Waals surface area contributed by atoms with Gasteiger partial charge in [-0.1, -0.05) is 5.92 Å². The van der Waals surface area contributed by atoms with Crippen LogP contribution in [0.15, 0.2) is 15.8 Å².